The van der Waals surface area contributed by atoms with Gasteiger partial charge in [0, 0.05) is 0 Å². The first-order chi connectivity index (χ1) is 3.13. The van der Waals surface area contributed by atoms with Gasteiger partial charge < -0.3 is 10.0 Å². The monoisotopic (exact) mass is 125 g/mol. The van der Waals surface area contributed by atoms with Crippen LogP contribution in [0.3, 0.4) is 0 Å². The van der Waals surface area contributed by atoms with Crippen LogP contribution in [-0.2, 0) is 0 Å². The third-order valence-corrected chi connectivity index (χ3v) is 0.622. The molecule has 0 aliphatic carbocycles. The van der Waals surface area contributed by atoms with Gasteiger partial charge in [-0.05, 0) is 20.6 Å². The Balaban J connectivity index is 0. The third-order valence-electron chi connectivity index (χ3n) is 0.622. The largest absolute Gasteiger partial charge is 1.00 e. The SMILES string of the molecule is CC([O-])CN(C)C.[Na+]. The van der Waals surface area contributed by atoms with Crippen LogP contribution in [0.2, 0.25) is 0 Å². The van der Waals surface area contributed by atoms with E-state index in [4.69, 9.17) is 0 Å². The molecule has 0 saturated carbocycles. The average molecular weight is 125 g/mol. The molecule has 44 valence electrons. The van der Waals surface area contributed by atoms with Crippen LogP contribution < -0.4 is 34.7 Å². The molecule has 8 heavy (non-hydrogen) atoms. The topological polar surface area (TPSA) is 26.3 Å². The van der Waals surface area contributed by atoms with Crippen molar-refractivity contribution in [2.45, 2.75) is 13.0 Å². The van der Waals surface area contributed by atoms with Gasteiger partial charge in [-0.2, -0.15) is 0 Å². The number of hydrogen-bond acceptors (Lipinski definition) is 2. The summed E-state index contributed by atoms with van der Waals surface area (Å²) < 4.78 is 0. The summed E-state index contributed by atoms with van der Waals surface area (Å²) in [6.45, 7) is 2.31. The molecule has 0 spiro atoms. The molecule has 1 unspecified atom stereocenters. The number of rotatable bonds is 2. The van der Waals surface area contributed by atoms with E-state index < -0.39 is 6.10 Å². The summed E-state index contributed by atoms with van der Waals surface area (Å²) in [7, 11) is 3.79. The van der Waals surface area contributed by atoms with Crippen LogP contribution in [0.5, 0.6) is 0 Å². The van der Waals surface area contributed by atoms with Gasteiger partial charge in [-0.3, -0.25) is 0 Å². The minimum atomic E-state index is -0.449. The van der Waals surface area contributed by atoms with E-state index >= 15 is 0 Å². The Bertz CT molecular complexity index is 41.7. The summed E-state index contributed by atoms with van der Waals surface area (Å²) in [6.07, 6.45) is -0.449. The second kappa shape index (κ2) is 6.05. The Morgan fingerprint density at radius 1 is 1.50 bits per heavy atom. The van der Waals surface area contributed by atoms with Crippen molar-refractivity contribution in [2.24, 2.45) is 0 Å². The third kappa shape index (κ3) is 10.0. The molecule has 0 heterocycles. The van der Waals surface area contributed by atoms with Crippen molar-refractivity contribution in [1.29, 1.82) is 0 Å². The molecular weight excluding hydrogens is 113 g/mol. The van der Waals surface area contributed by atoms with Crippen LogP contribution in [-0.4, -0.2) is 31.6 Å². The molecule has 0 fully saturated rings. The Morgan fingerprint density at radius 2 is 1.88 bits per heavy atom. The summed E-state index contributed by atoms with van der Waals surface area (Å²) in [5.41, 5.74) is 0. The zero-order valence-electron chi connectivity index (χ0n) is 6.14. The molecule has 0 saturated heterocycles. The molecule has 0 amide bonds. The van der Waals surface area contributed by atoms with Crippen LogP contribution in [0.4, 0.5) is 0 Å². The van der Waals surface area contributed by atoms with Crippen LogP contribution in [0.15, 0.2) is 0 Å². The summed E-state index contributed by atoms with van der Waals surface area (Å²) >= 11 is 0. The molecule has 0 aliphatic heterocycles. The van der Waals surface area contributed by atoms with E-state index in [1.54, 1.807) is 6.92 Å². The number of nitrogens with zero attached hydrogens (tertiary/aromatic N) is 1. The maximum atomic E-state index is 10.3. The minimum absolute atomic E-state index is 0. The molecule has 0 aromatic rings. The minimum Gasteiger partial charge on any atom is -0.851 e. The van der Waals surface area contributed by atoms with E-state index in [2.05, 4.69) is 0 Å². The molecule has 0 aliphatic rings. The quantitative estimate of drug-likeness (QED) is 0.355. The van der Waals surface area contributed by atoms with Gasteiger partial charge in [-0.1, -0.05) is 6.92 Å². The number of hydrogen-bond donors (Lipinski definition) is 0. The Hall–Kier alpha value is 0.920. The standard InChI is InChI=1S/C5H12NO.Na/c1-5(7)4-6(2)3;/h5H,4H2,1-3H3;/q-1;+1. The van der Waals surface area contributed by atoms with Crippen molar-refractivity contribution in [1.82, 2.24) is 4.90 Å². The van der Waals surface area contributed by atoms with Crippen LogP contribution >= 0.6 is 0 Å². The average Bonchev–Trinajstić information content (AvgIpc) is 1.27. The molecule has 0 aromatic heterocycles. The summed E-state index contributed by atoms with van der Waals surface area (Å²) in [5, 5.41) is 10.3. The molecule has 2 nitrogen and oxygen atoms in total. The van der Waals surface area contributed by atoms with Gasteiger partial charge in [0.15, 0.2) is 0 Å². The van der Waals surface area contributed by atoms with E-state index in [0.717, 1.165) is 0 Å². The fraction of sp³-hybridized carbons (Fsp3) is 1.00. The van der Waals surface area contributed by atoms with Gasteiger partial charge in [0.1, 0.15) is 0 Å². The molecule has 0 radical (unpaired) electrons. The Morgan fingerprint density at radius 3 is 1.88 bits per heavy atom. The van der Waals surface area contributed by atoms with Crippen LogP contribution in [0.25, 0.3) is 0 Å². The van der Waals surface area contributed by atoms with Gasteiger partial charge in [0.25, 0.3) is 0 Å². The molecular formula is C5H12NNaO. The second-order valence-electron chi connectivity index (χ2n) is 2.07. The summed E-state index contributed by atoms with van der Waals surface area (Å²) in [4.78, 5) is 1.89. The predicted octanol–water partition coefficient (Wildman–Crippen LogP) is -3.70. The zero-order valence-corrected chi connectivity index (χ0v) is 8.14. The van der Waals surface area contributed by atoms with Gasteiger partial charge in [0.2, 0.25) is 0 Å². The summed E-state index contributed by atoms with van der Waals surface area (Å²) in [5.74, 6) is 0. The maximum Gasteiger partial charge on any atom is 1.00 e. The Labute approximate surface area is 73.2 Å². The smallest absolute Gasteiger partial charge is 0.851 e. The van der Waals surface area contributed by atoms with Gasteiger partial charge in [-0.25, -0.2) is 0 Å². The second-order valence-corrected chi connectivity index (χ2v) is 2.07. The first-order valence-electron chi connectivity index (χ1n) is 2.43. The van der Waals surface area contributed by atoms with Crippen molar-refractivity contribution in [3.63, 3.8) is 0 Å². The maximum absolute atomic E-state index is 10.3. The normalized spacial score (nSPS) is 13.1. The van der Waals surface area contributed by atoms with Crippen molar-refractivity contribution < 1.29 is 34.7 Å². The fourth-order valence-corrected chi connectivity index (χ4v) is 0.514. The molecule has 0 aromatic carbocycles. The van der Waals surface area contributed by atoms with Gasteiger partial charge >= 0.3 is 29.6 Å². The van der Waals surface area contributed by atoms with E-state index in [1.165, 1.54) is 0 Å². The van der Waals surface area contributed by atoms with Crippen molar-refractivity contribution in [3.8, 4) is 0 Å². The molecule has 3 heteroatoms. The number of likely N-dealkylation sites (N-methyl/N-ethyl adjacent to an activating group) is 1. The first-order valence-corrected chi connectivity index (χ1v) is 2.43. The van der Waals surface area contributed by atoms with E-state index in [9.17, 15) is 5.11 Å². The zero-order chi connectivity index (χ0) is 5.86. The molecule has 0 N–H and O–H groups in total. The van der Waals surface area contributed by atoms with E-state index in [0.29, 0.717) is 6.54 Å². The van der Waals surface area contributed by atoms with E-state index in [-0.39, 0.29) is 29.6 Å². The van der Waals surface area contributed by atoms with Crippen molar-refractivity contribution in [3.05, 3.63) is 0 Å². The summed E-state index contributed by atoms with van der Waals surface area (Å²) in [6, 6.07) is 0. The molecule has 0 bridgehead atoms. The fourth-order valence-electron chi connectivity index (χ4n) is 0.514. The van der Waals surface area contributed by atoms with Crippen LogP contribution in [0.1, 0.15) is 6.92 Å². The molecule has 1 atom stereocenters. The predicted molar refractivity (Wildman–Crippen MR) is 28.0 cm³/mol. The van der Waals surface area contributed by atoms with Crippen LogP contribution in [0, 0.1) is 0 Å². The molecule has 0 rings (SSSR count). The van der Waals surface area contributed by atoms with Gasteiger partial charge in [0.05, 0.1) is 0 Å². The first kappa shape index (κ1) is 11.7. The van der Waals surface area contributed by atoms with Crippen molar-refractivity contribution in [2.75, 3.05) is 20.6 Å². The van der Waals surface area contributed by atoms with Gasteiger partial charge in [-0.15, -0.1) is 6.10 Å². The van der Waals surface area contributed by atoms with E-state index in [1.807, 2.05) is 19.0 Å². The van der Waals surface area contributed by atoms with Crippen molar-refractivity contribution >= 4 is 0 Å². The Kier molecular flexibility index (Phi) is 8.83.